The minimum atomic E-state index is 0. The normalized spacial score (nSPS) is 17.7. The van der Waals surface area contributed by atoms with E-state index >= 15 is 0 Å². The minimum Gasteiger partial charge on any atom is -1.00 e. The fourth-order valence-electron chi connectivity index (χ4n) is 6.19. The van der Waals surface area contributed by atoms with E-state index in [1.54, 1.807) is 24.2 Å². The average Bonchev–Trinajstić information content (AvgIpc) is 3.52. The van der Waals surface area contributed by atoms with Crippen molar-refractivity contribution in [2.75, 3.05) is 0 Å². The minimum absolute atomic E-state index is 0. The predicted molar refractivity (Wildman–Crippen MR) is 163 cm³/mol. The van der Waals surface area contributed by atoms with Crippen LogP contribution in [-0.2, 0) is 41.5 Å². The molecule has 4 aliphatic carbocycles. The molecule has 0 saturated carbocycles. The van der Waals surface area contributed by atoms with Gasteiger partial charge in [-0.05, 0) is 58.4 Å². The summed E-state index contributed by atoms with van der Waals surface area (Å²) >= 11 is 1.55. The summed E-state index contributed by atoms with van der Waals surface area (Å²) in [7, 11) is 0. The molecule has 0 nitrogen and oxygen atoms in total. The summed E-state index contributed by atoms with van der Waals surface area (Å²) in [6, 6.07) is 9.81. The van der Waals surface area contributed by atoms with Crippen molar-refractivity contribution in [3.05, 3.63) is 93.6 Å². The van der Waals surface area contributed by atoms with Gasteiger partial charge in [-0.1, -0.05) is 84.4 Å². The summed E-state index contributed by atoms with van der Waals surface area (Å²) in [6.45, 7) is 24.6. The average molecular weight is 651 g/mol. The third kappa shape index (κ3) is 7.02. The first kappa shape index (κ1) is 34.9. The Morgan fingerprint density at radius 3 is 1.82 bits per heavy atom. The van der Waals surface area contributed by atoms with Gasteiger partial charge >= 0.3 is 41.3 Å². The van der Waals surface area contributed by atoms with Crippen molar-refractivity contribution in [1.29, 1.82) is 0 Å². The second-order valence-electron chi connectivity index (χ2n) is 13.7. The van der Waals surface area contributed by atoms with E-state index in [9.17, 15) is 0 Å². The number of halogens is 2. The van der Waals surface area contributed by atoms with Gasteiger partial charge in [-0.25, -0.2) is 11.6 Å². The molecule has 0 heterocycles. The first-order valence-corrected chi connectivity index (χ1v) is 15.2. The van der Waals surface area contributed by atoms with Crippen molar-refractivity contribution in [2.45, 2.75) is 99.8 Å². The molecule has 2 aromatic carbocycles. The summed E-state index contributed by atoms with van der Waals surface area (Å²) in [4.78, 5) is 0. The van der Waals surface area contributed by atoms with Gasteiger partial charge in [0.1, 0.15) is 0 Å². The summed E-state index contributed by atoms with van der Waals surface area (Å²) in [5.74, 6) is 0. The molecule has 0 fully saturated rings. The Bertz CT molecular complexity index is 1350. The molecule has 0 radical (unpaired) electrons. The van der Waals surface area contributed by atoms with Gasteiger partial charge in [0, 0.05) is 5.41 Å². The summed E-state index contributed by atoms with van der Waals surface area (Å²) < 4.78 is 1.51. The number of hydrogen-bond acceptors (Lipinski definition) is 0. The molecule has 0 N–H and O–H groups in total. The van der Waals surface area contributed by atoms with Crippen LogP contribution in [0.15, 0.2) is 48.1 Å². The van der Waals surface area contributed by atoms with E-state index in [2.05, 4.69) is 131 Å². The summed E-state index contributed by atoms with van der Waals surface area (Å²) in [5.41, 5.74) is 16.3. The maximum absolute atomic E-state index is 3.65. The van der Waals surface area contributed by atoms with E-state index in [4.69, 9.17) is 0 Å². The zero-order valence-corrected chi connectivity index (χ0v) is 30.2. The zero-order valence-electron chi connectivity index (χ0n) is 26.2. The van der Waals surface area contributed by atoms with Crippen LogP contribution in [0.4, 0.5) is 0 Å². The topological polar surface area (TPSA) is 0 Å². The Hall–Kier alpha value is -1.27. The Morgan fingerprint density at radius 2 is 1.35 bits per heavy atom. The Balaban J connectivity index is 0.000000315. The smallest absolute Gasteiger partial charge is 1.00 e. The number of hydrogen-bond donors (Lipinski definition) is 0. The molecule has 0 amide bonds. The molecule has 0 atom stereocenters. The molecule has 0 unspecified atom stereocenters. The fraction of sp³-hybridized carbons (Fsp3) is 0.432. The molecule has 0 aliphatic heterocycles. The van der Waals surface area contributed by atoms with Crippen LogP contribution in [0.3, 0.4) is 0 Å². The van der Waals surface area contributed by atoms with E-state index in [1.165, 1.54) is 64.4 Å². The maximum Gasteiger partial charge on any atom is -1.00 e. The molecular formula is C37H44Cl2Zr-2. The summed E-state index contributed by atoms with van der Waals surface area (Å²) in [6.07, 6.45) is 15.6. The second kappa shape index (κ2) is 12.5. The van der Waals surface area contributed by atoms with Crippen LogP contribution in [0.5, 0.6) is 0 Å². The van der Waals surface area contributed by atoms with Crippen molar-refractivity contribution in [3.63, 3.8) is 0 Å². The van der Waals surface area contributed by atoms with E-state index in [0.717, 1.165) is 12.8 Å². The molecule has 3 heteroatoms. The van der Waals surface area contributed by atoms with Gasteiger partial charge in [0.05, 0.1) is 0 Å². The van der Waals surface area contributed by atoms with Crippen LogP contribution in [0.25, 0.3) is 22.3 Å². The van der Waals surface area contributed by atoms with E-state index < -0.39 is 0 Å². The van der Waals surface area contributed by atoms with Crippen molar-refractivity contribution in [2.24, 2.45) is 5.41 Å². The molecule has 212 valence electrons. The van der Waals surface area contributed by atoms with Gasteiger partial charge in [0.25, 0.3) is 0 Å². The number of allylic oxidation sites excluding steroid dienone is 8. The molecule has 0 saturated heterocycles. The Kier molecular flexibility index (Phi) is 10.9. The molecule has 0 aromatic heterocycles. The van der Waals surface area contributed by atoms with Crippen molar-refractivity contribution in [3.8, 4) is 11.1 Å². The van der Waals surface area contributed by atoms with Crippen LogP contribution >= 0.6 is 0 Å². The summed E-state index contributed by atoms with van der Waals surface area (Å²) in [5, 5.41) is 0. The molecule has 0 spiro atoms. The monoisotopic (exact) mass is 648 g/mol. The van der Waals surface area contributed by atoms with E-state index in [1.807, 2.05) is 0 Å². The molecule has 0 bridgehead atoms. The molecular weight excluding hydrogens is 607 g/mol. The van der Waals surface area contributed by atoms with Crippen LogP contribution in [0, 0.1) is 17.6 Å². The third-order valence-electron chi connectivity index (χ3n) is 7.99. The molecule has 4 aliphatic rings. The number of benzene rings is 2. The van der Waals surface area contributed by atoms with Gasteiger partial charge in [-0.15, -0.1) is 18.1 Å². The van der Waals surface area contributed by atoms with Gasteiger partial charge in [-0.3, -0.25) is 12.2 Å². The number of fused-ring (bicyclic) bond motifs is 5. The predicted octanol–water partition coefficient (Wildman–Crippen LogP) is 3.93. The van der Waals surface area contributed by atoms with Gasteiger partial charge in [0.15, 0.2) is 0 Å². The first-order chi connectivity index (χ1) is 17.5. The van der Waals surface area contributed by atoms with Crippen LogP contribution in [-0.4, -0.2) is 3.21 Å². The van der Waals surface area contributed by atoms with Crippen molar-refractivity contribution >= 4 is 14.4 Å². The Morgan fingerprint density at radius 1 is 0.825 bits per heavy atom. The maximum atomic E-state index is 3.65. The van der Waals surface area contributed by atoms with Crippen LogP contribution in [0.2, 0.25) is 0 Å². The van der Waals surface area contributed by atoms with Gasteiger partial charge in [0.2, 0.25) is 0 Å². The number of rotatable bonds is 0. The first-order valence-electron chi connectivity index (χ1n) is 14.0. The second-order valence-corrected chi connectivity index (χ2v) is 16.1. The van der Waals surface area contributed by atoms with Crippen molar-refractivity contribution in [1.82, 2.24) is 0 Å². The van der Waals surface area contributed by atoms with E-state index in [0.29, 0.717) is 5.41 Å². The van der Waals surface area contributed by atoms with Crippen molar-refractivity contribution < 1.29 is 49.0 Å². The molecule has 6 rings (SSSR count). The SMILES string of the molecule is CC(C)(C)C1=CC[C-]=C1.CC1=[C-]C(C)(C)c2cc3c(cc21)-c1cc2c(cc1C3)C(C)(C)C=C2C.C[C](C)=[Zr+2].[Cl-].[Cl-]. The third-order valence-corrected chi connectivity index (χ3v) is 7.99. The largest absolute Gasteiger partial charge is 1.00 e. The molecule has 40 heavy (non-hydrogen) atoms. The Labute approximate surface area is 271 Å². The standard InChI is InChI=1S/C25H25.C9H13.C3H6.2ClH.Zr/c1-14-12-24(3,4)22-8-16-7-17-9-23-19(15(2)13-25(23,5)6)11-21(17)20(16)10-18(14)22;1-9(2,3)8-6-4-5-7-8;1-3-2;;;/h8-12H,7H2,1-6H3;6-7H,4H2,1-3H3;1-2H3;2*1H;/q2*-1;;;;+2/p-2. The van der Waals surface area contributed by atoms with Crippen LogP contribution < -0.4 is 24.8 Å². The molecule has 2 aromatic rings. The van der Waals surface area contributed by atoms with Crippen LogP contribution in [0.1, 0.15) is 116 Å². The van der Waals surface area contributed by atoms with Gasteiger partial charge in [-0.2, -0.15) is 17.2 Å². The zero-order chi connectivity index (χ0) is 28.2. The van der Waals surface area contributed by atoms with E-state index in [-0.39, 0.29) is 35.6 Å². The quantitative estimate of drug-likeness (QED) is 0.324. The fourth-order valence-corrected chi connectivity index (χ4v) is 6.19. The van der Waals surface area contributed by atoms with Gasteiger partial charge < -0.3 is 24.8 Å².